The summed E-state index contributed by atoms with van der Waals surface area (Å²) in [5.74, 6) is 1.34. The van der Waals surface area contributed by atoms with Gasteiger partial charge in [-0.05, 0) is 25.1 Å². The van der Waals surface area contributed by atoms with E-state index in [4.69, 9.17) is 35.3 Å². The van der Waals surface area contributed by atoms with E-state index in [2.05, 4.69) is 0 Å². The standard InChI is InChI=1S/C24H22ClF3O6/c1-23(25,10-24(26,27)28)19-7-13-14(33-19)5-4-11-21(29)20-12-6-16(30-2)17(31-3)8-15(12)32-9-18(20)34-22(11)13/h4-6,8,18-20H,7,9-10H2,1-3H3/t18-,19-,20+,23?/m1/s1. The van der Waals surface area contributed by atoms with Gasteiger partial charge in [0, 0.05) is 23.6 Å². The number of ether oxygens (including phenoxy) is 5. The first-order valence-corrected chi connectivity index (χ1v) is 11.1. The van der Waals surface area contributed by atoms with Gasteiger partial charge in [0.2, 0.25) is 0 Å². The van der Waals surface area contributed by atoms with Crippen LogP contribution in [-0.2, 0) is 6.42 Å². The Labute approximate surface area is 198 Å². The number of carbonyl (C=O) groups is 1. The highest BCUT2D eigenvalue weighted by atomic mass is 35.5. The van der Waals surface area contributed by atoms with E-state index in [0.717, 1.165) is 0 Å². The number of ketones is 1. The van der Waals surface area contributed by atoms with E-state index >= 15 is 0 Å². The maximum absolute atomic E-state index is 13.6. The van der Waals surface area contributed by atoms with Crippen molar-refractivity contribution in [2.45, 2.75) is 48.9 Å². The van der Waals surface area contributed by atoms with Crippen molar-refractivity contribution in [3.63, 3.8) is 0 Å². The van der Waals surface area contributed by atoms with Crippen molar-refractivity contribution in [1.29, 1.82) is 0 Å². The topological polar surface area (TPSA) is 63.2 Å². The lowest BCUT2D eigenvalue weighted by Crippen LogP contribution is -2.43. The van der Waals surface area contributed by atoms with Crippen molar-refractivity contribution in [3.8, 4) is 28.7 Å². The van der Waals surface area contributed by atoms with Crippen molar-refractivity contribution in [2.24, 2.45) is 0 Å². The van der Waals surface area contributed by atoms with Crippen molar-refractivity contribution in [2.75, 3.05) is 20.8 Å². The molecule has 0 saturated heterocycles. The third-order valence-corrected chi connectivity index (χ3v) is 6.91. The summed E-state index contributed by atoms with van der Waals surface area (Å²) in [5.41, 5.74) is 1.51. The normalized spacial score (nSPS) is 24.3. The molecule has 5 rings (SSSR count). The van der Waals surface area contributed by atoms with Gasteiger partial charge in [0.15, 0.2) is 17.3 Å². The number of hydrogen-bond donors (Lipinski definition) is 0. The third-order valence-electron chi connectivity index (χ3n) is 6.54. The lowest BCUT2D eigenvalue weighted by atomic mass is 9.81. The molecule has 182 valence electrons. The molecule has 3 heterocycles. The molecule has 0 amide bonds. The minimum atomic E-state index is -4.44. The average Bonchev–Trinajstić information content (AvgIpc) is 3.22. The molecule has 34 heavy (non-hydrogen) atoms. The van der Waals surface area contributed by atoms with Crippen LogP contribution in [0.5, 0.6) is 28.7 Å². The predicted molar refractivity (Wildman–Crippen MR) is 116 cm³/mol. The van der Waals surface area contributed by atoms with Gasteiger partial charge in [0.25, 0.3) is 0 Å². The molecule has 0 bridgehead atoms. The Bertz CT molecular complexity index is 1160. The van der Waals surface area contributed by atoms with Gasteiger partial charge in [-0.3, -0.25) is 4.79 Å². The van der Waals surface area contributed by atoms with Crippen molar-refractivity contribution >= 4 is 17.4 Å². The van der Waals surface area contributed by atoms with Crippen molar-refractivity contribution < 1.29 is 41.7 Å². The molecule has 3 aliphatic heterocycles. The SMILES string of the molecule is COc1cc2c(cc1OC)[C@@H]1C(=O)c3ccc4c(c3O[C@@H]1CO2)C[C@H](C(C)(Cl)CC(F)(F)F)O4. The van der Waals surface area contributed by atoms with Gasteiger partial charge in [-0.25, -0.2) is 0 Å². The Hall–Kier alpha value is -2.81. The van der Waals surface area contributed by atoms with Gasteiger partial charge in [0.1, 0.15) is 36.1 Å². The zero-order valence-electron chi connectivity index (χ0n) is 18.6. The number of fused-ring (bicyclic) bond motifs is 6. The summed E-state index contributed by atoms with van der Waals surface area (Å²) in [6.07, 6.45) is -7.09. The molecule has 0 N–H and O–H groups in total. The number of rotatable bonds is 4. The second-order valence-corrected chi connectivity index (χ2v) is 9.72. The molecule has 10 heteroatoms. The second-order valence-electron chi connectivity index (χ2n) is 8.85. The number of benzene rings is 2. The summed E-state index contributed by atoms with van der Waals surface area (Å²) in [6.45, 7) is 1.42. The lowest BCUT2D eigenvalue weighted by molar-refractivity contribution is -0.145. The Morgan fingerprint density at radius 3 is 2.47 bits per heavy atom. The number of carbonyl (C=O) groups excluding carboxylic acids is 1. The summed E-state index contributed by atoms with van der Waals surface area (Å²) in [7, 11) is 3.01. The molecule has 0 fully saturated rings. The number of hydrogen-bond acceptors (Lipinski definition) is 6. The van der Waals surface area contributed by atoms with Gasteiger partial charge in [-0.2, -0.15) is 13.2 Å². The van der Waals surface area contributed by atoms with Crippen LogP contribution >= 0.6 is 11.6 Å². The fraction of sp³-hybridized carbons (Fsp3) is 0.458. The van der Waals surface area contributed by atoms with Gasteiger partial charge in [-0.1, -0.05) is 0 Å². The zero-order valence-corrected chi connectivity index (χ0v) is 19.4. The van der Waals surface area contributed by atoms with Crippen LogP contribution in [0.4, 0.5) is 13.2 Å². The maximum Gasteiger partial charge on any atom is 0.390 e. The van der Waals surface area contributed by atoms with Gasteiger partial charge >= 0.3 is 6.18 Å². The smallest absolute Gasteiger partial charge is 0.390 e. The molecular formula is C24H22ClF3O6. The fourth-order valence-corrected chi connectivity index (χ4v) is 5.18. The summed E-state index contributed by atoms with van der Waals surface area (Å²) >= 11 is 6.25. The minimum absolute atomic E-state index is 0.0989. The Kier molecular flexibility index (Phi) is 5.31. The molecule has 6 nitrogen and oxygen atoms in total. The monoisotopic (exact) mass is 498 g/mol. The second kappa shape index (κ2) is 7.86. The molecule has 2 aromatic rings. The number of Topliss-reactive ketones (excluding diaryl/α,β-unsaturated/α-hetero) is 1. The van der Waals surface area contributed by atoms with Gasteiger partial charge in [-0.15, -0.1) is 11.6 Å². The summed E-state index contributed by atoms with van der Waals surface area (Å²) in [5, 5.41) is 0. The van der Waals surface area contributed by atoms with Crippen LogP contribution in [-0.4, -0.2) is 49.9 Å². The van der Waals surface area contributed by atoms with Crippen molar-refractivity contribution in [1.82, 2.24) is 0 Å². The van der Waals surface area contributed by atoms with Crippen LogP contribution in [0.2, 0.25) is 0 Å². The molecule has 0 radical (unpaired) electrons. The summed E-state index contributed by atoms with van der Waals surface area (Å²) < 4.78 is 67.7. The van der Waals surface area contributed by atoms with Crippen LogP contribution in [0.3, 0.4) is 0 Å². The molecule has 2 aromatic carbocycles. The largest absolute Gasteiger partial charge is 0.493 e. The minimum Gasteiger partial charge on any atom is -0.493 e. The first-order chi connectivity index (χ1) is 16.0. The highest BCUT2D eigenvalue weighted by Gasteiger charge is 2.49. The number of methoxy groups -OCH3 is 2. The van der Waals surface area contributed by atoms with E-state index in [0.29, 0.717) is 45.4 Å². The van der Waals surface area contributed by atoms with E-state index in [1.807, 2.05) is 0 Å². The molecule has 0 aromatic heterocycles. The number of alkyl halides is 4. The van der Waals surface area contributed by atoms with E-state index < -0.39 is 35.6 Å². The van der Waals surface area contributed by atoms with Crippen LogP contribution in [0.15, 0.2) is 24.3 Å². The molecule has 1 unspecified atom stereocenters. The highest BCUT2D eigenvalue weighted by molar-refractivity contribution is 6.24. The first kappa shape index (κ1) is 23.0. The predicted octanol–water partition coefficient (Wildman–Crippen LogP) is 5.08. The Balaban J connectivity index is 1.49. The van der Waals surface area contributed by atoms with Crippen LogP contribution in [0.25, 0.3) is 0 Å². The molecule has 0 spiro atoms. The first-order valence-electron chi connectivity index (χ1n) is 10.7. The Morgan fingerprint density at radius 2 is 1.79 bits per heavy atom. The summed E-state index contributed by atoms with van der Waals surface area (Å²) in [6, 6.07) is 6.56. The molecular weight excluding hydrogens is 477 g/mol. The molecule has 3 aliphatic rings. The maximum atomic E-state index is 13.6. The zero-order chi connectivity index (χ0) is 24.4. The molecule has 0 aliphatic carbocycles. The van der Waals surface area contributed by atoms with E-state index in [1.54, 1.807) is 24.3 Å². The average molecular weight is 499 g/mol. The van der Waals surface area contributed by atoms with Crippen LogP contribution in [0.1, 0.15) is 40.7 Å². The van der Waals surface area contributed by atoms with Crippen molar-refractivity contribution in [3.05, 3.63) is 41.0 Å². The Morgan fingerprint density at radius 1 is 1.09 bits per heavy atom. The quantitative estimate of drug-likeness (QED) is 0.548. The van der Waals surface area contributed by atoms with E-state index in [1.165, 1.54) is 21.1 Å². The van der Waals surface area contributed by atoms with E-state index in [-0.39, 0.29) is 18.8 Å². The third kappa shape index (κ3) is 3.70. The molecule has 0 saturated carbocycles. The lowest BCUT2D eigenvalue weighted by Gasteiger charge is -2.37. The highest BCUT2D eigenvalue weighted by Crippen LogP contribution is 2.51. The number of halogens is 4. The fourth-order valence-electron chi connectivity index (χ4n) is 4.91. The van der Waals surface area contributed by atoms with E-state index in [9.17, 15) is 18.0 Å². The van der Waals surface area contributed by atoms with Crippen LogP contribution in [0, 0.1) is 0 Å². The van der Waals surface area contributed by atoms with Crippen LogP contribution < -0.4 is 23.7 Å². The van der Waals surface area contributed by atoms with Gasteiger partial charge in [0.05, 0.1) is 37.0 Å². The molecule has 4 atom stereocenters. The summed E-state index contributed by atoms with van der Waals surface area (Å²) in [4.78, 5) is 11.9. The van der Waals surface area contributed by atoms with Gasteiger partial charge < -0.3 is 23.7 Å².